The van der Waals surface area contributed by atoms with Gasteiger partial charge in [0.05, 0.1) is 18.3 Å². The van der Waals surface area contributed by atoms with Gasteiger partial charge in [0.1, 0.15) is 6.33 Å². The van der Waals surface area contributed by atoms with Gasteiger partial charge in [-0.3, -0.25) is 4.84 Å². The zero-order valence-corrected chi connectivity index (χ0v) is 16.4. The number of aryl methyl sites for hydroxylation is 1. The van der Waals surface area contributed by atoms with Crippen molar-refractivity contribution in [3.8, 4) is 11.3 Å². The number of hydrogen-bond acceptors (Lipinski definition) is 5. The van der Waals surface area contributed by atoms with Crippen molar-refractivity contribution in [1.29, 1.82) is 0 Å². The minimum atomic E-state index is -0.288. The Kier molecular flexibility index (Phi) is 4.61. The van der Waals surface area contributed by atoms with Gasteiger partial charge in [0.25, 0.3) is 0 Å². The van der Waals surface area contributed by atoms with Crippen molar-refractivity contribution in [3.63, 3.8) is 0 Å². The van der Waals surface area contributed by atoms with Crippen LogP contribution in [0.2, 0.25) is 0 Å². The van der Waals surface area contributed by atoms with E-state index in [0.717, 1.165) is 28.8 Å². The number of amides is 2. The third-order valence-electron chi connectivity index (χ3n) is 5.23. The monoisotopic (exact) mass is 400 g/mol. The number of nitrogens with zero attached hydrogens (tertiary/aromatic N) is 5. The van der Waals surface area contributed by atoms with E-state index in [2.05, 4.69) is 20.6 Å². The number of hydrogen-bond donors (Lipinski definition) is 1. The number of nitrogens with one attached hydrogen (secondary N) is 1. The van der Waals surface area contributed by atoms with Crippen LogP contribution in [0.1, 0.15) is 23.6 Å². The summed E-state index contributed by atoms with van der Waals surface area (Å²) in [5.41, 5.74) is 5.05. The molecule has 0 aliphatic carbocycles. The number of anilines is 1. The SMILES string of the molecule is Cc1ccc(-c2ccc3nncn3n2)cc1NC(=O)N1OCCC1c1ccccc1. The van der Waals surface area contributed by atoms with Gasteiger partial charge < -0.3 is 5.32 Å². The van der Waals surface area contributed by atoms with Crippen LogP contribution in [0.15, 0.2) is 67.0 Å². The maximum Gasteiger partial charge on any atom is 0.346 e. The van der Waals surface area contributed by atoms with E-state index in [9.17, 15) is 4.79 Å². The van der Waals surface area contributed by atoms with Gasteiger partial charge in [-0.25, -0.2) is 4.79 Å². The van der Waals surface area contributed by atoms with Crippen molar-refractivity contribution in [2.75, 3.05) is 11.9 Å². The molecule has 4 aromatic rings. The quantitative estimate of drug-likeness (QED) is 0.562. The molecule has 1 saturated heterocycles. The molecule has 0 radical (unpaired) electrons. The van der Waals surface area contributed by atoms with Crippen LogP contribution in [0.4, 0.5) is 10.5 Å². The zero-order chi connectivity index (χ0) is 20.5. The molecular formula is C22H20N6O2. The largest absolute Gasteiger partial charge is 0.346 e. The lowest BCUT2D eigenvalue weighted by Crippen LogP contribution is -2.33. The second-order valence-electron chi connectivity index (χ2n) is 7.19. The fourth-order valence-electron chi connectivity index (χ4n) is 3.62. The third kappa shape index (κ3) is 3.37. The maximum atomic E-state index is 13.0. The molecule has 8 heteroatoms. The number of carbonyl (C=O) groups excluding carboxylic acids is 1. The van der Waals surface area contributed by atoms with Gasteiger partial charge in [-0.2, -0.15) is 14.7 Å². The Hall–Kier alpha value is -3.78. The lowest BCUT2D eigenvalue weighted by Gasteiger charge is -2.23. The van der Waals surface area contributed by atoms with Crippen LogP contribution < -0.4 is 5.32 Å². The van der Waals surface area contributed by atoms with Gasteiger partial charge in [0, 0.05) is 17.7 Å². The lowest BCUT2D eigenvalue weighted by atomic mass is 10.0. The molecule has 1 fully saturated rings. The average molecular weight is 400 g/mol. The maximum absolute atomic E-state index is 13.0. The lowest BCUT2D eigenvalue weighted by molar-refractivity contribution is -0.0829. The summed E-state index contributed by atoms with van der Waals surface area (Å²) in [4.78, 5) is 18.6. The Morgan fingerprint density at radius 1 is 1.13 bits per heavy atom. The molecule has 1 atom stereocenters. The summed E-state index contributed by atoms with van der Waals surface area (Å²) in [7, 11) is 0. The van der Waals surface area contributed by atoms with Gasteiger partial charge in [0.2, 0.25) is 0 Å². The van der Waals surface area contributed by atoms with Crippen molar-refractivity contribution in [3.05, 3.63) is 78.1 Å². The van der Waals surface area contributed by atoms with Gasteiger partial charge in [-0.1, -0.05) is 42.5 Å². The topological polar surface area (TPSA) is 84.7 Å². The Morgan fingerprint density at radius 2 is 2.00 bits per heavy atom. The number of aromatic nitrogens is 4. The Labute approximate surface area is 173 Å². The molecule has 3 heterocycles. The van der Waals surface area contributed by atoms with Gasteiger partial charge in [-0.15, -0.1) is 10.2 Å². The Morgan fingerprint density at radius 3 is 2.87 bits per heavy atom. The van der Waals surface area contributed by atoms with E-state index in [1.807, 2.05) is 67.6 Å². The molecule has 150 valence electrons. The smallest absolute Gasteiger partial charge is 0.306 e. The van der Waals surface area contributed by atoms with E-state index >= 15 is 0 Å². The zero-order valence-electron chi connectivity index (χ0n) is 16.4. The van der Waals surface area contributed by atoms with Gasteiger partial charge in [-0.05, 0) is 36.2 Å². The van der Waals surface area contributed by atoms with E-state index in [0.29, 0.717) is 17.9 Å². The van der Waals surface area contributed by atoms with Crippen LogP contribution in [0, 0.1) is 6.92 Å². The molecule has 5 rings (SSSR count). The van der Waals surface area contributed by atoms with Crippen molar-refractivity contribution in [1.82, 2.24) is 24.9 Å². The molecule has 8 nitrogen and oxygen atoms in total. The summed E-state index contributed by atoms with van der Waals surface area (Å²) in [6.07, 6.45) is 2.32. The number of benzene rings is 2. The van der Waals surface area contributed by atoms with Crippen molar-refractivity contribution in [2.45, 2.75) is 19.4 Å². The molecule has 1 aliphatic heterocycles. The van der Waals surface area contributed by atoms with E-state index in [4.69, 9.17) is 4.84 Å². The highest BCUT2D eigenvalue weighted by molar-refractivity contribution is 5.90. The highest BCUT2D eigenvalue weighted by Crippen LogP contribution is 2.31. The summed E-state index contributed by atoms with van der Waals surface area (Å²) in [5.74, 6) is 0. The summed E-state index contributed by atoms with van der Waals surface area (Å²) >= 11 is 0. The fraction of sp³-hybridized carbons (Fsp3) is 0.182. The van der Waals surface area contributed by atoms with Crippen LogP contribution >= 0.6 is 0 Å². The van der Waals surface area contributed by atoms with E-state index < -0.39 is 0 Å². The molecule has 0 saturated carbocycles. The molecule has 0 spiro atoms. The van der Waals surface area contributed by atoms with Crippen molar-refractivity contribution in [2.24, 2.45) is 0 Å². The van der Waals surface area contributed by atoms with Crippen LogP contribution in [-0.2, 0) is 4.84 Å². The first-order valence-corrected chi connectivity index (χ1v) is 9.75. The second kappa shape index (κ2) is 7.57. The summed E-state index contributed by atoms with van der Waals surface area (Å²) in [6, 6.07) is 19.1. The first kappa shape index (κ1) is 18.3. The van der Waals surface area contributed by atoms with E-state index in [1.165, 1.54) is 5.06 Å². The fourth-order valence-corrected chi connectivity index (χ4v) is 3.62. The summed E-state index contributed by atoms with van der Waals surface area (Å²) in [6.45, 7) is 2.46. The molecule has 1 N–H and O–H groups in total. The second-order valence-corrected chi connectivity index (χ2v) is 7.19. The molecule has 0 bridgehead atoms. The third-order valence-corrected chi connectivity index (χ3v) is 5.23. The normalized spacial score (nSPS) is 16.2. The number of carbonyl (C=O) groups is 1. The molecule has 30 heavy (non-hydrogen) atoms. The molecule has 2 aromatic carbocycles. The van der Waals surface area contributed by atoms with Crippen LogP contribution in [0.5, 0.6) is 0 Å². The van der Waals surface area contributed by atoms with E-state index in [-0.39, 0.29) is 12.1 Å². The summed E-state index contributed by atoms with van der Waals surface area (Å²) < 4.78 is 1.62. The highest BCUT2D eigenvalue weighted by atomic mass is 16.7. The molecule has 1 unspecified atom stereocenters. The molecule has 2 amide bonds. The van der Waals surface area contributed by atoms with Gasteiger partial charge >= 0.3 is 6.03 Å². The predicted molar refractivity (Wildman–Crippen MR) is 112 cm³/mol. The van der Waals surface area contributed by atoms with E-state index in [1.54, 1.807) is 10.8 Å². The first-order chi connectivity index (χ1) is 14.7. The molecule has 1 aliphatic rings. The molecular weight excluding hydrogens is 380 g/mol. The Bertz CT molecular complexity index is 1210. The number of rotatable bonds is 3. The van der Waals surface area contributed by atoms with Crippen molar-refractivity contribution < 1.29 is 9.63 Å². The minimum absolute atomic E-state index is 0.104. The standard InChI is InChI=1S/C22H20N6O2/c1-15-7-8-17(18-9-10-21-25-23-14-27(21)26-18)13-19(15)24-22(29)28-20(11-12-30-28)16-5-3-2-4-6-16/h2-10,13-14,20H,11-12H2,1H3,(H,24,29). The van der Waals surface area contributed by atoms with Crippen LogP contribution in [-0.4, -0.2) is 37.5 Å². The molecule has 2 aromatic heterocycles. The predicted octanol–water partition coefficient (Wildman–Crippen LogP) is 4.01. The number of fused-ring (bicyclic) bond motifs is 1. The first-order valence-electron chi connectivity index (χ1n) is 9.75. The number of urea groups is 1. The van der Waals surface area contributed by atoms with Crippen LogP contribution in [0.3, 0.4) is 0 Å². The number of hydroxylamine groups is 2. The summed E-state index contributed by atoms with van der Waals surface area (Å²) in [5, 5.41) is 16.8. The highest BCUT2D eigenvalue weighted by Gasteiger charge is 2.32. The van der Waals surface area contributed by atoms with Crippen molar-refractivity contribution >= 4 is 17.4 Å². The van der Waals surface area contributed by atoms with Gasteiger partial charge in [0.15, 0.2) is 5.65 Å². The average Bonchev–Trinajstić information content (AvgIpc) is 3.45. The Balaban J connectivity index is 1.40. The minimum Gasteiger partial charge on any atom is -0.306 e. The van der Waals surface area contributed by atoms with Crippen LogP contribution in [0.25, 0.3) is 16.9 Å².